The monoisotopic (exact) mass is 531 g/mol. The van der Waals surface area contributed by atoms with Crippen molar-refractivity contribution in [2.45, 2.75) is 18.0 Å². The van der Waals surface area contributed by atoms with Crippen LogP contribution in [0.5, 0.6) is 0 Å². The predicted octanol–water partition coefficient (Wildman–Crippen LogP) is 4.53. The van der Waals surface area contributed by atoms with E-state index in [1.807, 2.05) is 18.2 Å². The molecule has 1 aliphatic rings. The Hall–Kier alpha value is -2.42. The van der Waals surface area contributed by atoms with Gasteiger partial charge in [0.1, 0.15) is 0 Å². The van der Waals surface area contributed by atoms with E-state index in [1.54, 1.807) is 41.3 Å². The van der Waals surface area contributed by atoms with Gasteiger partial charge < -0.3 is 4.90 Å². The fourth-order valence-electron chi connectivity index (χ4n) is 4.06. The van der Waals surface area contributed by atoms with Crippen LogP contribution >= 0.6 is 23.2 Å². The van der Waals surface area contributed by atoms with Gasteiger partial charge in [-0.05, 0) is 35.4 Å². The molecule has 0 radical (unpaired) electrons. The minimum Gasteiger partial charge on any atom is -0.339 e. The number of piperazine rings is 1. The average molecular weight is 532 g/mol. The van der Waals surface area contributed by atoms with Crippen molar-refractivity contribution < 1.29 is 13.2 Å². The molecule has 1 fully saturated rings. The number of carbonyl (C=O) groups is 1. The summed E-state index contributed by atoms with van der Waals surface area (Å²) in [5.74, 6) is -0.219. The van der Waals surface area contributed by atoms with Crippen LogP contribution in [0.1, 0.15) is 11.1 Å². The fourth-order valence-corrected chi connectivity index (χ4v) is 5.78. The highest BCUT2D eigenvalue weighted by Gasteiger charge is 2.30. The number of rotatable bonds is 8. The summed E-state index contributed by atoms with van der Waals surface area (Å²) < 4.78 is 28.1. The van der Waals surface area contributed by atoms with Crippen LogP contribution in [0.25, 0.3) is 0 Å². The van der Waals surface area contributed by atoms with E-state index < -0.39 is 10.0 Å². The van der Waals surface area contributed by atoms with Crippen molar-refractivity contribution in [3.05, 3.63) is 100 Å². The molecule has 9 heteroatoms. The Balaban J connectivity index is 1.46. The van der Waals surface area contributed by atoms with Gasteiger partial charge in [0, 0.05) is 39.3 Å². The molecule has 1 heterocycles. The van der Waals surface area contributed by atoms with Gasteiger partial charge in [0.05, 0.1) is 21.5 Å². The van der Waals surface area contributed by atoms with Crippen LogP contribution < -0.4 is 0 Å². The largest absolute Gasteiger partial charge is 0.339 e. The summed E-state index contributed by atoms with van der Waals surface area (Å²) in [4.78, 5) is 17.4. The zero-order chi connectivity index (χ0) is 24.8. The second kappa shape index (κ2) is 11.5. The lowest BCUT2D eigenvalue weighted by Gasteiger charge is -2.35. The molecule has 184 valence electrons. The van der Waals surface area contributed by atoms with E-state index >= 15 is 0 Å². The summed E-state index contributed by atoms with van der Waals surface area (Å²) in [5, 5.41) is 0.722. The smallest absolute Gasteiger partial charge is 0.243 e. The maximum atomic E-state index is 13.5. The quantitative estimate of drug-likeness (QED) is 0.428. The molecule has 0 bridgehead atoms. The number of halogens is 2. The van der Waals surface area contributed by atoms with Crippen molar-refractivity contribution in [3.63, 3.8) is 0 Å². The highest BCUT2D eigenvalue weighted by Crippen LogP contribution is 2.25. The molecule has 6 nitrogen and oxygen atoms in total. The van der Waals surface area contributed by atoms with E-state index in [0.29, 0.717) is 28.7 Å². The first kappa shape index (κ1) is 25.7. The Bertz CT molecular complexity index is 1250. The molecular formula is C26H27Cl2N3O3S. The molecule has 3 aromatic carbocycles. The van der Waals surface area contributed by atoms with Gasteiger partial charge in [-0.2, -0.15) is 4.31 Å². The van der Waals surface area contributed by atoms with Crippen molar-refractivity contribution in [1.29, 1.82) is 0 Å². The minimum absolute atomic E-state index is 0.00777. The van der Waals surface area contributed by atoms with Crippen LogP contribution in [0.2, 0.25) is 10.0 Å². The molecular weight excluding hydrogens is 505 g/mol. The van der Waals surface area contributed by atoms with Crippen molar-refractivity contribution in [2.24, 2.45) is 0 Å². The second-order valence-corrected chi connectivity index (χ2v) is 11.2. The molecule has 0 saturated carbocycles. The first-order valence-electron chi connectivity index (χ1n) is 11.4. The topological polar surface area (TPSA) is 60.9 Å². The van der Waals surface area contributed by atoms with Crippen LogP contribution in [0.3, 0.4) is 0 Å². The lowest BCUT2D eigenvalue weighted by atomic mass is 10.2. The third kappa shape index (κ3) is 6.63. The maximum absolute atomic E-state index is 13.5. The average Bonchev–Trinajstić information content (AvgIpc) is 2.87. The molecule has 0 unspecified atom stereocenters. The Morgan fingerprint density at radius 3 is 2.06 bits per heavy atom. The van der Waals surface area contributed by atoms with Crippen molar-refractivity contribution in [3.8, 4) is 0 Å². The molecule has 1 amide bonds. The summed E-state index contributed by atoms with van der Waals surface area (Å²) in [7, 11) is -3.91. The van der Waals surface area contributed by atoms with E-state index in [9.17, 15) is 13.2 Å². The van der Waals surface area contributed by atoms with Gasteiger partial charge in [0.2, 0.25) is 15.9 Å². The molecule has 0 atom stereocenters. The zero-order valence-electron chi connectivity index (χ0n) is 19.2. The number of amides is 1. The van der Waals surface area contributed by atoms with Gasteiger partial charge >= 0.3 is 0 Å². The number of benzene rings is 3. The number of nitrogens with zero attached hydrogens (tertiary/aromatic N) is 3. The van der Waals surface area contributed by atoms with Gasteiger partial charge in [0.25, 0.3) is 0 Å². The van der Waals surface area contributed by atoms with Crippen molar-refractivity contribution in [2.75, 3.05) is 32.7 Å². The van der Waals surface area contributed by atoms with E-state index in [4.69, 9.17) is 23.2 Å². The highest BCUT2D eigenvalue weighted by atomic mass is 35.5. The highest BCUT2D eigenvalue weighted by molar-refractivity contribution is 7.89. The number of sulfonamides is 1. The standard InChI is InChI=1S/C26H27Cl2N3O3S/c27-24-12-11-22(17-25(24)28)19-31(35(33,34)23-9-5-2-6-10-23)20-26(32)30-15-13-29(14-16-30)18-21-7-3-1-4-8-21/h1-12,17H,13-16,18-20H2. The van der Waals surface area contributed by atoms with E-state index in [0.717, 1.165) is 19.6 Å². The first-order valence-corrected chi connectivity index (χ1v) is 13.6. The summed E-state index contributed by atoms with van der Waals surface area (Å²) >= 11 is 12.2. The van der Waals surface area contributed by atoms with Gasteiger partial charge in [-0.1, -0.05) is 77.8 Å². The van der Waals surface area contributed by atoms with E-state index in [-0.39, 0.29) is 23.9 Å². The first-order chi connectivity index (χ1) is 16.8. The SMILES string of the molecule is O=C(CN(Cc1ccc(Cl)c(Cl)c1)S(=O)(=O)c1ccccc1)N1CCN(Cc2ccccc2)CC1. The molecule has 4 rings (SSSR count). The zero-order valence-corrected chi connectivity index (χ0v) is 21.5. The molecule has 0 N–H and O–H groups in total. The lowest BCUT2D eigenvalue weighted by Crippen LogP contribution is -2.51. The molecule has 35 heavy (non-hydrogen) atoms. The Morgan fingerprint density at radius 2 is 1.43 bits per heavy atom. The number of hydrogen-bond donors (Lipinski definition) is 0. The third-order valence-corrected chi connectivity index (χ3v) is 8.55. The van der Waals surface area contributed by atoms with Gasteiger partial charge in [-0.15, -0.1) is 0 Å². The molecule has 1 aliphatic heterocycles. The Labute approximate surface area is 216 Å². The molecule has 3 aromatic rings. The van der Waals surface area contributed by atoms with Gasteiger partial charge in [-0.25, -0.2) is 8.42 Å². The second-order valence-electron chi connectivity index (χ2n) is 8.48. The Kier molecular flexibility index (Phi) is 8.46. The third-order valence-electron chi connectivity index (χ3n) is 6.01. The van der Waals surface area contributed by atoms with Crippen LogP contribution in [-0.2, 0) is 27.9 Å². The summed E-state index contributed by atoms with van der Waals surface area (Å²) in [6.07, 6.45) is 0. The summed E-state index contributed by atoms with van der Waals surface area (Å²) in [5.41, 5.74) is 1.88. The van der Waals surface area contributed by atoms with Crippen molar-refractivity contribution in [1.82, 2.24) is 14.1 Å². The fraction of sp³-hybridized carbons (Fsp3) is 0.269. The minimum atomic E-state index is -3.91. The van der Waals surface area contributed by atoms with Crippen LogP contribution in [0.4, 0.5) is 0 Å². The van der Waals surface area contributed by atoms with Crippen LogP contribution in [-0.4, -0.2) is 61.2 Å². The predicted molar refractivity (Wildman–Crippen MR) is 139 cm³/mol. The normalized spacial score (nSPS) is 14.9. The van der Waals surface area contributed by atoms with E-state index in [2.05, 4.69) is 17.0 Å². The number of carbonyl (C=O) groups excluding carboxylic acids is 1. The summed E-state index contributed by atoms with van der Waals surface area (Å²) in [6.45, 7) is 3.16. The molecule has 1 saturated heterocycles. The molecule has 0 spiro atoms. The number of hydrogen-bond acceptors (Lipinski definition) is 4. The van der Waals surface area contributed by atoms with Crippen LogP contribution in [0.15, 0.2) is 83.8 Å². The molecule has 0 aliphatic carbocycles. The lowest BCUT2D eigenvalue weighted by molar-refractivity contribution is -0.133. The van der Waals surface area contributed by atoms with Gasteiger partial charge in [-0.3, -0.25) is 9.69 Å². The van der Waals surface area contributed by atoms with E-state index in [1.165, 1.54) is 22.0 Å². The molecule has 0 aromatic heterocycles. The van der Waals surface area contributed by atoms with Crippen LogP contribution in [0, 0.1) is 0 Å². The van der Waals surface area contributed by atoms with Gasteiger partial charge in [0.15, 0.2) is 0 Å². The summed E-state index contributed by atoms with van der Waals surface area (Å²) in [6, 6.07) is 23.3. The Morgan fingerprint density at radius 1 is 0.800 bits per heavy atom. The maximum Gasteiger partial charge on any atom is 0.243 e. The van der Waals surface area contributed by atoms with Crippen molar-refractivity contribution >= 4 is 39.1 Å².